The molecule has 2 amide bonds. The molecule has 3 N–H and O–H groups in total. The van der Waals surface area contributed by atoms with Gasteiger partial charge in [-0.05, 0) is 24.7 Å². The molecule has 1 rings (SSSR count). The van der Waals surface area contributed by atoms with Gasteiger partial charge in [-0.2, -0.15) is 0 Å². The molecule has 1 aromatic carbocycles. The highest BCUT2D eigenvalue weighted by Crippen LogP contribution is 2.18. The van der Waals surface area contributed by atoms with Crippen LogP contribution in [-0.4, -0.2) is 70.1 Å². The van der Waals surface area contributed by atoms with Crippen LogP contribution in [-0.2, 0) is 25.6 Å². The van der Waals surface area contributed by atoms with Crippen molar-refractivity contribution in [3.63, 3.8) is 0 Å². The van der Waals surface area contributed by atoms with Crippen LogP contribution in [0.4, 0.5) is 15.3 Å². The second-order valence-electron chi connectivity index (χ2n) is 7.00. The molecule has 168 valence electrons. The van der Waals surface area contributed by atoms with Gasteiger partial charge in [-0.1, -0.05) is 26.0 Å². The van der Waals surface area contributed by atoms with Crippen molar-refractivity contribution in [1.82, 2.24) is 10.2 Å². The van der Waals surface area contributed by atoms with Crippen LogP contribution in [0.5, 0.6) is 0 Å². The van der Waals surface area contributed by atoms with Crippen molar-refractivity contribution in [2.24, 2.45) is 11.7 Å². The molecule has 1 atom stereocenters. The molecule has 0 spiro atoms. The van der Waals surface area contributed by atoms with Crippen molar-refractivity contribution < 1.29 is 28.6 Å². The van der Waals surface area contributed by atoms with E-state index < -0.39 is 24.4 Å². The SMILES string of the molecule is CNCCN(C)C(=O)OCc1ccc(N(C)C(=O)OC(OC(=O)CN)C(C)C)cc1. The number of carbonyl (C=O) groups is 3. The number of benzene rings is 1. The number of hydrogen-bond acceptors (Lipinski definition) is 8. The Morgan fingerprint density at radius 2 is 1.70 bits per heavy atom. The van der Waals surface area contributed by atoms with Gasteiger partial charge in [0, 0.05) is 38.8 Å². The Hall–Kier alpha value is -2.85. The van der Waals surface area contributed by atoms with E-state index in [4.69, 9.17) is 19.9 Å². The number of amides is 2. The van der Waals surface area contributed by atoms with Gasteiger partial charge in [0.05, 0.1) is 6.54 Å². The van der Waals surface area contributed by atoms with E-state index in [0.29, 0.717) is 18.8 Å². The van der Waals surface area contributed by atoms with Gasteiger partial charge in [-0.3, -0.25) is 9.69 Å². The van der Waals surface area contributed by atoms with Crippen molar-refractivity contribution in [3.05, 3.63) is 29.8 Å². The lowest BCUT2D eigenvalue weighted by Gasteiger charge is -2.24. The first-order valence-corrected chi connectivity index (χ1v) is 9.64. The zero-order valence-electron chi connectivity index (χ0n) is 18.2. The van der Waals surface area contributed by atoms with Gasteiger partial charge in [0.1, 0.15) is 6.61 Å². The Kier molecular flexibility index (Phi) is 10.6. The third-order valence-corrected chi connectivity index (χ3v) is 4.14. The van der Waals surface area contributed by atoms with E-state index in [-0.39, 0.29) is 19.1 Å². The summed E-state index contributed by atoms with van der Waals surface area (Å²) in [4.78, 5) is 38.5. The molecule has 0 saturated carbocycles. The standard InChI is InChI=1S/C20H32N4O6/c1-14(2)18(29-17(25)12-21)30-20(27)24(5)16-8-6-15(7-9-16)13-28-19(26)23(4)11-10-22-3/h6-9,14,18,22H,10-13,21H2,1-5H3. The topological polar surface area (TPSA) is 123 Å². The average molecular weight is 424 g/mol. The Balaban J connectivity index is 2.63. The number of nitrogens with one attached hydrogen (secondary N) is 1. The summed E-state index contributed by atoms with van der Waals surface area (Å²) in [5.41, 5.74) is 6.57. The molecule has 0 aliphatic rings. The van der Waals surface area contributed by atoms with Crippen LogP contribution in [0.3, 0.4) is 0 Å². The molecular weight excluding hydrogens is 392 g/mol. The van der Waals surface area contributed by atoms with Gasteiger partial charge < -0.3 is 30.2 Å². The highest BCUT2D eigenvalue weighted by atomic mass is 16.7. The summed E-state index contributed by atoms with van der Waals surface area (Å²) >= 11 is 0. The normalized spacial score (nSPS) is 11.6. The molecule has 10 heteroatoms. The van der Waals surface area contributed by atoms with E-state index in [1.54, 1.807) is 45.2 Å². The molecule has 30 heavy (non-hydrogen) atoms. The lowest BCUT2D eigenvalue weighted by molar-refractivity contribution is -0.172. The Labute approximate surface area is 177 Å². The van der Waals surface area contributed by atoms with Crippen molar-refractivity contribution in [1.29, 1.82) is 0 Å². The van der Waals surface area contributed by atoms with Crippen molar-refractivity contribution >= 4 is 23.8 Å². The summed E-state index contributed by atoms with van der Waals surface area (Å²) in [6, 6.07) is 6.89. The number of nitrogens with zero attached hydrogens (tertiary/aromatic N) is 2. The number of esters is 1. The van der Waals surface area contributed by atoms with Crippen LogP contribution in [0.1, 0.15) is 19.4 Å². The number of likely N-dealkylation sites (N-methyl/N-ethyl adjacent to an activating group) is 2. The summed E-state index contributed by atoms with van der Waals surface area (Å²) in [5, 5.41) is 2.96. The van der Waals surface area contributed by atoms with E-state index in [1.165, 1.54) is 16.8 Å². The fourth-order valence-corrected chi connectivity index (χ4v) is 2.20. The first-order chi connectivity index (χ1) is 14.2. The monoisotopic (exact) mass is 424 g/mol. The number of ether oxygens (including phenoxy) is 3. The van der Waals surface area contributed by atoms with E-state index in [1.807, 2.05) is 7.05 Å². The molecule has 0 aliphatic heterocycles. The van der Waals surface area contributed by atoms with E-state index in [9.17, 15) is 14.4 Å². The third-order valence-electron chi connectivity index (χ3n) is 4.14. The number of carbonyl (C=O) groups excluding carboxylic acids is 3. The minimum atomic E-state index is -1.03. The molecule has 1 aromatic rings. The third kappa shape index (κ3) is 8.26. The van der Waals surface area contributed by atoms with E-state index >= 15 is 0 Å². The van der Waals surface area contributed by atoms with Crippen LogP contribution in [0.2, 0.25) is 0 Å². The van der Waals surface area contributed by atoms with Crippen LogP contribution < -0.4 is 16.0 Å². The highest BCUT2D eigenvalue weighted by molar-refractivity contribution is 5.87. The molecule has 1 unspecified atom stereocenters. The van der Waals surface area contributed by atoms with Gasteiger partial charge in [0.25, 0.3) is 6.29 Å². The predicted octanol–water partition coefficient (Wildman–Crippen LogP) is 1.53. The first kappa shape index (κ1) is 25.2. The molecule has 0 bridgehead atoms. The summed E-state index contributed by atoms with van der Waals surface area (Å²) in [7, 11) is 5.01. The van der Waals surface area contributed by atoms with Crippen LogP contribution >= 0.6 is 0 Å². The fraction of sp³-hybridized carbons (Fsp3) is 0.550. The molecule has 0 aliphatic carbocycles. The number of nitrogens with two attached hydrogens (primary N) is 1. The van der Waals surface area contributed by atoms with Crippen molar-refractivity contribution in [3.8, 4) is 0 Å². The summed E-state index contributed by atoms with van der Waals surface area (Å²) in [6.07, 6.45) is -2.12. The fourth-order valence-electron chi connectivity index (χ4n) is 2.20. The maximum Gasteiger partial charge on any atom is 0.417 e. The van der Waals surface area contributed by atoms with Gasteiger partial charge in [0.2, 0.25) is 0 Å². The molecule has 0 aromatic heterocycles. The maximum absolute atomic E-state index is 12.4. The van der Waals surface area contributed by atoms with Gasteiger partial charge >= 0.3 is 18.2 Å². The highest BCUT2D eigenvalue weighted by Gasteiger charge is 2.24. The number of anilines is 1. The predicted molar refractivity (Wildman–Crippen MR) is 112 cm³/mol. The van der Waals surface area contributed by atoms with Crippen molar-refractivity contribution in [2.45, 2.75) is 26.7 Å². The molecule has 0 fully saturated rings. The van der Waals surface area contributed by atoms with Gasteiger partial charge in [0.15, 0.2) is 0 Å². The maximum atomic E-state index is 12.4. The second-order valence-corrected chi connectivity index (χ2v) is 7.00. The number of hydrogen-bond donors (Lipinski definition) is 2. The summed E-state index contributed by atoms with van der Waals surface area (Å²) < 4.78 is 15.6. The van der Waals surface area contributed by atoms with E-state index in [2.05, 4.69) is 5.32 Å². The largest absolute Gasteiger partial charge is 0.445 e. The summed E-state index contributed by atoms with van der Waals surface area (Å²) in [5.74, 6) is -0.888. The number of rotatable bonds is 10. The molecule has 0 saturated heterocycles. The second kappa shape index (κ2) is 12.7. The molecule has 0 heterocycles. The minimum absolute atomic E-state index is 0.113. The minimum Gasteiger partial charge on any atom is -0.445 e. The smallest absolute Gasteiger partial charge is 0.417 e. The summed E-state index contributed by atoms with van der Waals surface area (Å²) in [6.45, 7) is 4.54. The molecule has 0 radical (unpaired) electrons. The van der Waals surface area contributed by atoms with E-state index in [0.717, 1.165) is 5.56 Å². The van der Waals surface area contributed by atoms with Crippen LogP contribution in [0.15, 0.2) is 24.3 Å². The Bertz CT molecular complexity index is 695. The van der Waals surface area contributed by atoms with Crippen molar-refractivity contribution in [2.75, 3.05) is 45.7 Å². The zero-order chi connectivity index (χ0) is 22.7. The zero-order valence-corrected chi connectivity index (χ0v) is 18.2. The molecule has 10 nitrogen and oxygen atoms in total. The lowest BCUT2D eigenvalue weighted by Crippen LogP contribution is -2.37. The lowest BCUT2D eigenvalue weighted by atomic mass is 10.2. The quantitative estimate of drug-likeness (QED) is 0.428. The van der Waals surface area contributed by atoms with Gasteiger partial charge in [-0.15, -0.1) is 0 Å². The van der Waals surface area contributed by atoms with Crippen LogP contribution in [0, 0.1) is 5.92 Å². The average Bonchev–Trinajstić information content (AvgIpc) is 2.74. The first-order valence-electron chi connectivity index (χ1n) is 9.64. The Morgan fingerprint density at radius 3 is 2.23 bits per heavy atom. The molecular formula is C20H32N4O6. The van der Waals surface area contributed by atoms with Crippen LogP contribution in [0.25, 0.3) is 0 Å². The Morgan fingerprint density at radius 1 is 1.07 bits per heavy atom. The van der Waals surface area contributed by atoms with Gasteiger partial charge in [-0.25, -0.2) is 9.59 Å².